The minimum atomic E-state index is -0.855. The molecule has 0 radical (unpaired) electrons. The molecule has 3 rings (SSSR count). The lowest BCUT2D eigenvalue weighted by Crippen LogP contribution is -2.44. The van der Waals surface area contributed by atoms with Gasteiger partial charge in [-0.25, -0.2) is 9.97 Å². The topological polar surface area (TPSA) is 92.2 Å². The van der Waals surface area contributed by atoms with Crippen molar-refractivity contribution in [3.05, 3.63) is 47.8 Å². The maximum Gasteiger partial charge on any atom is 0.311 e. The normalized spacial score (nSPS) is 16.0. The SMILES string of the molecule is Cc1nc(-c2ccccc2)ncc1C(=O)NCC1(C(=O)O)CCCCC1. The van der Waals surface area contributed by atoms with E-state index in [0.29, 0.717) is 29.9 Å². The molecule has 0 spiro atoms. The van der Waals surface area contributed by atoms with Gasteiger partial charge in [0.2, 0.25) is 0 Å². The Kier molecular flexibility index (Phi) is 5.30. The molecule has 1 amide bonds. The van der Waals surface area contributed by atoms with Crippen LogP contribution in [0.4, 0.5) is 0 Å². The Balaban J connectivity index is 1.73. The van der Waals surface area contributed by atoms with Crippen LogP contribution in [0.2, 0.25) is 0 Å². The first kappa shape index (κ1) is 18.0. The number of nitrogens with one attached hydrogen (secondary N) is 1. The first-order valence-electron chi connectivity index (χ1n) is 8.92. The third-order valence-corrected chi connectivity index (χ3v) is 5.11. The van der Waals surface area contributed by atoms with Crippen LogP contribution < -0.4 is 5.32 Å². The number of hydrogen-bond donors (Lipinski definition) is 2. The zero-order chi connectivity index (χ0) is 18.6. The molecule has 1 heterocycles. The second-order valence-electron chi connectivity index (χ2n) is 6.89. The van der Waals surface area contributed by atoms with Gasteiger partial charge in [-0.15, -0.1) is 0 Å². The zero-order valence-electron chi connectivity index (χ0n) is 14.9. The summed E-state index contributed by atoms with van der Waals surface area (Å²) in [6.45, 7) is 1.90. The van der Waals surface area contributed by atoms with Gasteiger partial charge in [0.1, 0.15) is 0 Å². The van der Waals surface area contributed by atoms with Crippen molar-refractivity contribution in [3.63, 3.8) is 0 Å². The first-order valence-corrected chi connectivity index (χ1v) is 8.92. The number of benzene rings is 1. The van der Waals surface area contributed by atoms with Crippen LogP contribution in [0.15, 0.2) is 36.5 Å². The van der Waals surface area contributed by atoms with Crippen LogP contribution in [0.1, 0.15) is 48.2 Å². The van der Waals surface area contributed by atoms with Crippen molar-refractivity contribution >= 4 is 11.9 Å². The summed E-state index contributed by atoms with van der Waals surface area (Å²) in [6, 6.07) is 9.55. The van der Waals surface area contributed by atoms with E-state index in [-0.39, 0.29) is 12.5 Å². The van der Waals surface area contributed by atoms with E-state index in [2.05, 4.69) is 15.3 Å². The lowest BCUT2D eigenvalue weighted by atomic mass is 9.74. The Morgan fingerprint density at radius 3 is 2.46 bits per heavy atom. The summed E-state index contributed by atoms with van der Waals surface area (Å²) in [5.74, 6) is -0.591. The zero-order valence-corrected chi connectivity index (χ0v) is 14.9. The number of carbonyl (C=O) groups is 2. The highest BCUT2D eigenvalue weighted by atomic mass is 16.4. The number of aryl methyl sites for hydroxylation is 1. The molecule has 0 atom stereocenters. The largest absolute Gasteiger partial charge is 0.481 e. The van der Waals surface area contributed by atoms with Gasteiger partial charge in [-0.1, -0.05) is 49.6 Å². The van der Waals surface area contributed by atoms with Crippen molar-refractivity contribution in [1.29, 1.82) is 0 Å². The molecule has 0 saturated heterocycles. The maximum absolute atomic E-state index is 12.5. The predicted molar refractivity (Wildman–Crippen MR) is 97.7 cm³/mol. The van der Waals surface area contributed by atoms with Gasteiger partial charge in [0, 0.05) is 18.3 Å². The molecule has 6 heteroatoms. The number of carboxylic acid groups (broad SMARTS) is 1. The predicted octanol–water partition coefficient (Wildman–Crippen LogP) is 3.22. The van der Waals surface area contributed by atoms with Crippen molar-refractivity contribution in [1.82, 2.24) is 15.3 Å². The van der Waals surface area contributed by atoms with Crippen LogP contribution >= 0.6 is 0 Å². The molecule has 6 nitrogen and oxygen atoms in total. The van der Waals surface area contributed by atoms with Crippen LogP contribution in [0.3, 0.4) is 0 Å². The summed E-state index contributed by atoms with van der Waals surface area (Å²) in [4.78, 5) is 33.0. The summed E-state index contributed by atoms with van der Waals surface area (Å²) in [5.41, 5.74) is 0.979. The van der Waals surface area contributed by atoms with E-state index in [4.69, 9.17) is 0 Å². The molecule has 0 unspecified atom stereocenters. The van der Waals surface area contributed by atoms with E-state index in [0.717, 1.165) is 24.8 Å². The van der Waals surface area contributed by atoms with E-state index in [1.807, 2.05) is 30.3 Å². The number of hydrogen-bond acceptors (Lipinski definition) is 4. The Morgan fingerprint density at radius 2 is 1.85 bits per heavy atom. The highest BCUT2D eigenvalue weighted by Crippen LogP contribution is 2.36. The molecule has 2 N–H and O–H groups in total. The number of carbonyl (C=O) groups excluding carboxylic acids is 1. The number of nitrogens with zero attached hydrogens (tertiary/aromatic N) is 2. The summed E-state index contributed by atoms with van der Waals surface area (Å²) in [7, 11) is 0. The monoisotopic (exact) mass is 353 g/mol. The van der Waals surface area contributed by atoms with Gasteiger partial charge in [-0.05, 0) is 19.8 Å². The number of aliphatic carboxylic acids is 1. The molecule has 1 aromatic heterocycles. The molecule has 1 aromatic carbocycles. The number of aromatic nitrogens is 2. The minimum Gasteiger partial charge on any atom is -0.481 e. The third kappa shape index (κ3) is 3.74. The number of rotatable bonds is 5. The van der Waals surface area contributed by atoms with E-state index in [1.165, 1.54) is 6.20 Å². The fourth-order valence-electron chi connectivity index (χ4n) is 3.46. The standard InChI is InChI=1S/C20H23N3O3/c1-14-16(12-21-17(23-14)15-8-4-2-5-9-15)18(24)22-13-20(19(25)26)10-6-3-7-11-20/h2,4-5,8-9,12H,3,6-7,10-11,13H2,1H3,(H,22,24)(H,25,26). The molecule has 1 aliphatic rings. The highest BCUT2D eigenvalue weighted by Gasteiger charge is 2.39. The third-order valence-electron chi connectivity index (χ3n) is 5.11. The lowest BCUT2D eigenvalue weighted by Gasteiger charge is -2.33. The molecule has 0 aliphatic heterocycles. The van der Waals surface area contributed by atoms with Crippen LogP contribution in [-0.4, -0.2) is 33.5 Å². The molecule has 1 saturated carbocycles. The average molecular weight is 353 g/mol. The summed E-state index contributed by atoms with van der Waals surface area (Å²) in [5, 5.41) is 12.4. The minimum absolute atomic E-state index is 0.140. The molecule has 1 fully saturated rings. The Morgan fingerprint density at radius 1 is 1.15 bits per heavy atom. The van der Waals surface area contributed by atoms with Gasteiger partial charge in [-0.2, -0.15) is 0 Å². The number of carboxylic acids is 1. The van der Waals surface area contributed by atoms with Crippen LogP contribution in [-0.2, 0) is 4.79 Å². The number of amides is 1. The summed E-state index contributed by atoms with van der Waals surface area (Å²) in [6.07, 6.45) is 5.54. The van der Waals surface area contributed by atoms with E-state index >= 15 is 0 Å². The molecule has 26 heavy (non-hydrogen) atoms. The summed E-state index contributed by atoms with van der Waals surface area (Å²) >= 11 is 0. The highest BCUT2D eigenvalue weighted by molar-refractivity contribution is 5.95. The Hall–Kier alpha value is -2.76. The smallest absolute Gasteiger partial charge is 0.311 e. The van der Waals surface area contributed by atoms with E-state index in [9.17, 15) is 14.7 Å². The second-order valence-corrected chi connectivity index (χ2v) is 6.89. The van der Waals surface area contributed by atoms with Crippen LogP contribution in [0.25, 0.3) is 11.4 Å². The molecular formula is C20H23N3O3. The Bertz CT molecular complexity index is 799. The first-order chi connectivity index (χ1) is 12.5. The lowest BCUT2D eigenvalue weighted by molar-refractivity contribution is -0.150. The quantitative estimate of drug-likeness (QED) is 0.861. The molecular weight excluding hydrogens is 330 g/mol. The van der Waals surface area contributed by atoms with Gasteiger partial charge in [-0.3, -0.25) is 9.59 Å². The van der Waals surface area contributed by atoms with Crippen molar-refractivity contribution in [3.8, 4) is 11.4 Å². The molecule has 2 aromatic rings. The van der Waals surface area contributed by atoms with E-state index < -0.39 is 11.4 Å². The van der Waals surface area contributed by atoms with Crippen molar-refractivity contribution in [2.24, 2.45) is 5.41 Å². The van der Waals surface area contributed by atoms with Gasteiger partial charge in [0.25, 0.3) is 5.91 Å². The average Bonchev–Trinajstić information content (AvgIpc) is 2.67. The van der Waals surface area contributed by atoms with Crippen molar-refractivity contribution < 1.29 is 14.7 Å². The second kappa shape index (κ2) is 7.64. The maximum atomic E-state index is 12.5. The summed E-state index contributed by atoms with van der Waals surface area (Å²) < 4.78 is 0. The molecule has 0 bridgehead atoms. The van der Waals surface area contributed by atoms with E-state index in [1.54, 1.807) is 6.92 Å². The van der Waals surface area contributed by atoms with Gasteiger partial charge in [0.15, 0.2) is 5.82 Å². The fraction of sp³-hybridized carbons (Fsp3) is 0.400. The van der Waals surface area contributed by atoms with Crippen LogP contribution in [0, 0.1) is 12.3 Å². The van der Waals surface area contributed by atoms with Gasteiger partial charge < -0.3 is 10.4 Å². The Labute approximate surface area is 152 Å². The fourth-order valence-corrected chi connectivity index (χ4v) is 3.46. The van der Waals surface area contributed by atoms with Gasteiger partial charge in [0.05, 0.1) is 16.7 Å². The van der Waals surface area contributed by atoms with Crippen LogP contribution in [0.5, 0.6) is 0 Å². The molecule has 136 valence electrons. The van der Waals surface area contributed by atoms with Crippen molar-refractivity contribution in [2.75, 3.05) is 6.54 Å². The van der Waals surface area contributed by atoms with Gasteiger partial charge >= 0.3 is 5.97 Å². The van der Waals surface area contributed by atoms with Crippen molar-refractivity contribution in [2.45, 2.75) is 39.0 Å². The molecule has 1 aliphatic carbocycles.